The molecule has 0 amide bonds. The van der Waals surface area contributed by atoms with E-state index in [9.17, 15) is 9.59 Å². The SMILES string of the molecule is Cn1cc(CC(=O)O)cc(N)c1=O. The molecule has 0 aliphatic rings. The van der Waals surface area contributed by atoms with Gasteiger partial charge in [0.15, 0.2) is 0 Å². The average Bonchev–Trinajstić information content (AvgIpc) is 1.98. The molecule has 0 aliphatic carbocycles. The maximum atomic E-state index is 11.1. The number of anilines is 1. The molecule has 13 heavy (non-hydrogen) atoms. The van der Waals surface area contributed by atoms with Crippen molar-refractivity contribution in [1.29, 1.82) is 0 Å². The fraction of sp³-hybridized carbons (Fsp3) is 0.250. The number of carbonyl (C=O) groups is 1. The van der Waals surface area contributed by atoms with Crippen molar-refractivity contribution in [2.45, 2.75) is 6.42 Å². The lowest BCUT2D eigenvalue weighted by molar-refractivity contribution is -0.136. The quantitative estimate of drug-likeness (QED) is 0.651. The van der Waals surface area contributed by atoms with Gasteiger partial charge in [-0.1, -0.05) is 0 Å². The van der Waals surface area contributed by atoms with Crippen LogP contribution in [-0.2, 0) is 18.3 Å². The average molecular weight is 182 g/mol. The zero-order valence-electron chi connectivity index (χ0n) is 7.15. The molecule has 0 saturated heterocycles. The number of rotatable bonds is 2. The molecule has 0 aliphatic heterocycles. The van der Waals surface area contributed by atoms with E-state index in [0.29, 0.717) is 5.56 Å². The second kappa shape index (κ2) is 3.30. The van der Waals surface area contributed by atoms with E-state index in [0.717, 1.165) is 0 Å². The predicted molar refractivity (Wildman–Crippen MR) is 47.4 cm³/mol. The van der Waals surface area contributed by atoms with Gasteiger partial charge in [0.1, 0.15) is 0 Å². The Kier molecular flexibility index (Phi) is 2.36. The normalized spacial score (nSPS) is 9.92. The van der Waals surface area contributed by atoms with Crippen molar-refractivity contribution in [2.24, 2.45) is 7.05 Å². The number of hydrogen-bond acceptors (Lipinski definition) is 3. The lowest BCUT2D eigenvalue weighted by Crippen LogP contribution is -2.20. The molecular formula is C8H10N2O3. The van der Waals surface area contributed by atoms with Crippen molar-refractivity contribution in [3.63, 3.8) is 0 Å². The zero-order chi connectivity index (χ0) is 10.0. The van der Waals surface area contributed by atoms with Gasteiger partial charge in [0.2, 0.25) is 0 Å². The van der Waals surface area contributed by atoms with Gasteiger partial charge in [0, 0.05) is 13.2 Å². The van der Waals surface area contributed by atoms with Gasteiger partial charge in [-0.05, 0) is 11.6 Å². The Balaban J connectivity index is 3.13. The van der Waals surface area contributed by atoms with E-state index in [1.165, 1.54) is 23.9 Å². The summed E-state index contributed by atoms with van der Waals surface area (Å²) in [6.07, 6.45) is 1.34. The Morgan fingerprint density at radius 2 is 2.31 bits per heavy atom. The van der Waals surface area contributed by atoms with Crippen LogP contribution in [0, 0.1) is 0 Å². The van der Waals surface area contributed by atoms with Crippen molar-refractivity contribution >= 4 is 11.7 Å². The molecule has 0 spiro atoms. The summed E-state index contributed by atoms with van der Waals surface area (Å²) < 4.78 is 1.27. The monoisotopic (exact) mass is 182 g/mol. The van der Waals surface area contributed by atoms with Crippen molar-refractivity contribution in [2.75, 3.05) is 5.73 Å². The third kappa shape index (κ3) is 2.08. The van der Waals surface area contributed by atoms with Crippen LogP contribution in [0.1, 0.15) is 5.56 Å². The molecule has 0 atom stereocenters. The van der Waals surface area contributed by atoms with Gasteiger partial charge in [0.25, 0.3) is 5.56 Å². The second-order valence-corrected chi connectivity index (χ2v) is 2.79. The minimum atomic E-state index is -0.946. The summed E-state index contributed by atoms with van der Waals surface area (Å²) in [6, 6.07) is 1.39. The number of carboxylic acids is 1. The van der Waals surface area contributed by atoms with E-state index in [1.807, 2.05) is 0 Å². The highest BCUT2D eigenvalue weighted by molar-refractivity contribution is 5.70. The minimum absolute atomic E-state index is 0.0706. The molecule has 5 heteroatoms. The number of aromatic nitrogens is 1. The number of pyridine rings is 1. The largest absolute Gasteiger partial charge is 0.481 e. The Labute approximate surface area is 74.4 Å². The van der Waals surface area contributed by atoms with Crippen molar-refractivity contribution < 1.29 is 9.90 Å². The molecule has 0 fully saturated rings. The molecular weight excluding hydrogens is 172 g/mol. The Bertz CT molecular complexity index is 369. The number of aliphatic carboxylic acids is 1. The van der Waals surface area contributed by atoms with Gasteiger partial charge in [-0.2, -0.15) is 0 Å². The summed E-state index contributed by atoms with van der Waals surface area (Å²) >= 11 is 0. The van der Waals surface area contributed by atoms with Crippen LogP contribution in [0.3, 0.4) is 0 Å². The van der Waals surface area contributed by atoms with Crippen LogP contribution in [-0.4, -0.2) is 15.6 Å². The van der Waals surface area contributed by atoms with Gasteiger partial charge in [-0.3, -0.25) is 9.59 Å². The lowest BCUT2D eigenvalue weighted by Gasteiger charge is -2.02. The van der Waals surface area contributed by atoms with Crippen molar-refractivity contribution in [3.8, 4) is 0 Å². The number of nitrogens with zero attached hydrogens (tertiary/aromatic N) is 1. The predicted octanol–water partition coefficient (Wildman–Crippen LogP) is -0.405. The van der Waals surface area contributed by atoms with Crippen LogP contribution in [0.25, 0.3) is 0 Å². The van der Waals surface area contributed by atoms with Crippen molar-refractivity contribution in [3.05, 3.63) is 28.2 Å². The lowest BCUT2D eigenvalue weighted by atomic mass is 10.2. The van der Waals surface area contributed by atoms with Gasteiger partial charge >= 0.3 is 5.97 Å². The van der Waals surface area contributed by atoms with E-state index in [-0.39, 0.29) is 17.7 Å². The first-order chi connectivity index (χ1) is 6.00. The molecule has 1 rings (SSSR count). The van der Waals surface area contributed by atoms with Crippen LogP contribution in [0.5, 0.6) is 0 Å². The Morgan fingerprint density at radius 1 is 1.69 bits per heavy atom. The Hall–Kier alpha value is -1.78. The van der Waals surface area contributed by atoms with Gasteiger partial charge < -0.3 is 15.4 Å². The maximum absolute atomic E-state index is 11.1. The molecule has 5 nitrogen and oxygen atoms in total. The molecule has 70 valence electrons. The van der Waals surface area contributed by atoms with Crippen LogP contribution >= 0.6 is 0 Å². The van der Waals surface area contributed by atoms with E-state index in [4.69, 9.17) is 10.8 Å². The maximum Gasteiger partial charge on any atom is 0.307 e. The topological polar surface area (TPSA) is 85.3 Å². The standard InChI is InChI=1S/C8H10N2O3/c1-10-4-5(3-7(11)12)2-6(9)8(10)13/h2,4H,3,9H2,1H3,(H,11,12). The molecule has 0 saturated carbocycles. The minimum Gasteiger partial charge on any atom is -0.481 e. The van der Waals surface area contributed by atoms with Gasteiger partial charge in [0.05, 0.1) is 12.1 Å². The van der Waals surface area contributed by atoms with Gasteiger partial charge in [-0.15, -0.1) is 0 Å². The van der Waals surface area contributed by atoms with Crippen molar-refractivity contribution in [1.82, 2.24) is 4.57 Å². The molecule has 0 unspecified atom stereocenters. The van der Waals surface area contributed by atoms with Gasteiger partial charge in [-0.25, -0.2) is 0 Å². The van der Waals surface area contributed by atoms with Crippen LogP contribution in [0.2, 0.25) is 0 Å². The molecule has 1 aromatic rings. The fourth-order valence-electron chi connectivity index (χ4n) is 1.08. The van der Waals surface area contributed by atoms with Crippen LogP contribution in [0.15, 0.2) is 17.1 Å². The highest BCUT2D eigenvalue weighted by Gasteiger charge is 2.04. The number of nitrogens with two attached hydrogens (primary N) is 1. The highest BCUT2D eigenvalue weighted by Crippen LogP contribution is 2.01. The van der Waals surface area contributed by atoms with E-state index in [1.54, 1.807) is 0 Å². The first kappa shape index (κ1) is 9.31. The summed E-state index contributed by atoms with van der Waals surface area (Å²) in [6.45, 7) is 0. The van der Waals surface area contributed by atoms with E-state index >= 15 is 0 Å². The first-order valence-corrected chi connectivity index (χ1v) is 3.67. The first-order valence-electron chi connectivity index (χ1n) is 3.67. The molecule has 1 aromatic heterocycles. The summed E-state index contributed by atoms with van der Waals surface area (Å²) in [7, 11) is 1.53. The molecule has 1 heterocycles. The number of hydrogen-bond donors (Lipinski definition) is 2. The summed E-state index contributed by atoms with van der Waals surface area (Å²) in [5.41, 5.74) is 5.65. The smallest absolute Gasteiger partial charge is 0.307 e. The van der Waals surface area contributed by atoms with E-state index in [2.05, 4.69) is 0 Å². The van der Waals surface area contributed by atoms with Crippen LogP contribution < -0.4 is 11.3 Å². The summed E-state index contributed by atoms with van der Waals surface area (Å²) in [5.74, 6) is -0.946. The second-order valence-electron chi connectivity index (χ2n) is 2.79. The van der Waals surface area contributed by atoms with Crippen LogP contribution in [0.4, 0.5) is 5.69 Å². The Morgan fingerprint density at radius 3 is 2.77 bits per heavy atom. The summed E-state index contributed by atoms with van der Waals surface area (Å²) in [5, 5.41) is 8.49. The number of carboxylic acid groups (broad SMARTS) is 1. The van der Waals surface area contributed by atoms with E-state index < -0.39 is 5.97 Å². The zero-order valence-corrected chi connectivity index (χ0v) is 7.15. The molecule has 3 N–H and O–H groups in total. The molecule has 0 aromatic carbocycles. The third-order valence-corrected chi connectivity index (χ3v) is 1.62. The highest BCUT2D eigenvalue weighted by atomic mass is 16.4. The molecule has 0 radical (unpaired) electrons. The third-order valence-electron chi connectivity index (χ3n) is 1.62. The summed E-state index contributed by atoms with van der Waals surface area (Å²) in [4.78, 5) is 21.4. The molecule has 0 bridgehead atoms. The fourth-order valence-corrected chi connectivity index (χ4v) is 1.08. The number of nitrogen functional groups attached to an aromatic ring is 1. The number of aryl methyl sites for hydroxylation is 1.